The number of pyridine rings is 1. The molecule has 0 N–H and O–H groups in total. The van der Waals surface area contributed by atoms with E-state index in [1.165, 1.54) is 28.7 Å². The van der Waals surface area contributed by atoms with E-state index in [0.29, 0.717) is 0 Å². The lowest BCUT2D eigenvalue weighted by Gasteiger charge is -2.03. The maximum Gasteiger partial charge on any atom is 0.265 e. The van der Waals surface area contributed by atoms with E-state index in [-0.39, 0.29) is 12.8 Å². The number of aromatic nitrogens is 1. The topological polar surface area (TPSA) is 12.9 Å². The Bertz CT molecular complexity index is 303. The molecule has 0 atom stereocenters. The van der Waals surface area contributed by atoms with Gasteiger partial charge in [-0.25, -0.2) is 13.8 Å². The van der Waals surface area contributed by atoms with Gasteiger partial charge in [0.15, 0.2) is 0 Å². The zero-order valence-electron chi connectivity index (χ0n) is 5.49. The third-order valence-electron chi connectivity index (χ3n) is 1.15. The summed E-state index contributed by atoms with van der Waals surface area (Å²) in [6.45, 7) is 0. The van der Waals surface area contributed by atoms with Crippen LogP contribution in [-0.2, 0) is 0 Å². The molecular formula is C6H2F3I2N. The molecule has 0 aromatic carbocycles. The Kier molecular flexibility index (Phi) is 3.56. The molecule has 0 fully saturated rings. The number of hydrogen-bond donors (Lipinski definition) is 0. The first-order chi connectivity index (χ1) is 5.52. The summed E-state index contributed by atoms with van der Waals surface area (Å²) in [4.78, 5) is 3.40. The van der Waals surface area contributed by atoms with Gasteiger partial charge in [-0.15, -0.1) is 0 Å². The van der Waals surface area contributed by atoms with Gasteiger partial charge < -0.3 is 0 Å². The Hall–Kier alpha value is 0.400. The second-order valence-corrected chi connectivity index (χ2v) is 4.12. The third-order valence-corrected chi connectivity index (χ3v) is 2.77. The number of hydrogen-bond acceptors (Lipinski definition) is 1. The van der Waals surface area contributed by atoms with E-state index in [4.69, 9.17) is 0 Å². The van der Waals surface area contributed by atoms with E-state index in [1.54, 1.807) is 22.6 Å². The van der Waals surface area contributed by atoms with E-state index >= 15 is 0 Å². The molecule has 0 unspecified atom stereocenters. The molecular weight excluding hydrogens is 397 g/mol. The van der Waals surface area contributed by atoms with Crippen LogP contribution in [0.3, 0.4) is 0 Å². The quantitative estimate of drug-likeness (QED) is 0.522. The van der Waals surface area contributed by atoms with Crippen molar-refractivity contribution >= 4 is 45.2 Å². The minimum atomic E-state index is -2.65. The highest BCUT2D eigenvalue weighted by molar-refractivity contribution is 14.1. The van der Waals surface area contributed by atoms with Crippen molar-refractivity contribution in [2.75, 3.05) is 0 Å². The minimum absolute atomic E-state index is 0.108. The van der Waals surface area contributed by atoms with E-state index in [2.05, 4.69) is 4.98 Å². The van der Waals surface area contributed by atoms with Gasteiger partial charge in [-0.05, 0) is 51.2 Å². The molecule has 66 valence electrons. The second-order valence-electron chi connectivity index (χ2n) is 1.94. The molecule has 0 saturated heterocycles. The van der Waals surface area contributed by atoms with Crippen molar-refractivity contribution < 1.29 is 13.2 Å². The zero-order valence-corrected chi connectivity index (χ0v) is 9.81. The van der Waals surface area contributed by atoms with E-state index < -0.39 is 12.4 Å². The summed E-state index contributed by atoms with van der Waals surface area (Å²) in [7, 11) is 0. The monoisotopic (exact) mass is 399 g/mol. The lowest BCUT2D eigenvalue weighted by Crippen LogP contribution is -1.98. The van der Waals surface area contributed by atoms with E-state index in [0.717, 1.165) is 0 Å². The molecule has 0 spiro atoms. The van der Waals surface area contributed by atoms with Gasteiger partial charge in [-0.3, -0.25) is 0 Å². The van der Waals surface area contributed by atoms with Gasteiger partial charge in [0.05, 0.1) is 3.57 Å². The van der Waals surface area contributed by atoms with E-state index in [9.17, 15) is 13.2 Å². The number of rotatable bonds is 1. The molecule has 0 aliphatic carbocycles. The maximum atomic E-state index is 12.7. The van der Waals surface area contributed by atoms with Crippen LogP contribution in [0.5, 0.6) is 0 Å². The molecule has 1 aromatic rings. The first-order valence-electron chi connectivity index (χ1n) is 2.82. The number of halogens is 5. The van der Waals surface area contributed by atoms with Crippen molar-refractivity contribution in [3.63, 3.8) is 0 Å². The molecule has 1 rings (SSSR count). The largest absolute Gasteiger partial charge is 0.265 e. The molecule has 0 bridgehead atoms. The van der Waals surface area contributed by atoms with Gasteiger partial charge >= 0.3 is 0 Å². The fourth-order valence-corrected chi connectivity index (χ4v) is 1.70. The SMILES string of the molecule is Fc1nc(I)cc(C(F)F)c1I. The first kappa shape index (κ1) is 10.5. The maximum absolute atomic E-state index is 12.7. The molecule has 6 heteroatoms. The van der Waals surface area contributed by atoms with Crippen molar-refractivity contribution in [2.24, 2.45) is 0 Å². The van der Waals surface area contributed by atoms with Crippen molar-refractivity contribution in [1.82, 2.24) is 4.98 Å². The standard InChI is InChI=1S/C6H2F3I2N/c7-5(8)2-1-3(10)12-6(9)4(2)11/h1,5H. The molecule has 0 amide bonds. The molecule has 0 aliphatic heterocycles. The van der Waals surface area contributed by atoms with Crippen LogP contribution in [0.25, 0.3) is 0 Å². The van der Waals surface area contributed by atoms with Crippen LogP contribution in [-0.4, -0.2) is 4.98 Å². The van der Waals surface area contributed by atoms with Crippen LogP contribution in [0, 0.1) is 13.2 Å². The molecule has 1 aromatic heterocycles. The average molecular weight is 399 g/mol. The number of nitrogens with zero attached hydrogens (tertiary/aromatic N) is 1. The minimum Gasteiger partial charge on any atom is -0.213 e. The number of alkyl halides is 2. The van der Waals surface area contributed by atoms with Gasteiger partial charge in [0.1, 0.15) is 3.70 Å². The smallest absolute Gasteiger partial charge is 0.213 e. The van der Waals surface area contributed by atoms with Gasteiger partial charge in [0.25, 0.3) is 6.43 Å². The van der Waals surface area contributed by atoms with Crippen molar-refractivity contribution in [1.29, 1.82) is 0 Å². The highest BCUT2D eigenvalue weighted by Gasteiger charge is 2.16. The summed E-state index contributed by atoms with van der Waals surface area (Å²) in [6.07, 6.45) is -2.65. The van der Waals surface area contributed by atoms with Crippen molar-refractivity contribution in [3.05, 3.63) is 24.8 Å². The Balaban J connectivity index is 3.28. The Labute approximate surface area is 94.0 Å². The lowest BCUT2D eigenvalue weighted by atomic mass is 10.3. The Morgan fingerprint density at radius 3 is 2.42 bits per heavy atom. The van der Waals surface area contributed by atoms with Crippen molar-refractivity contribution in [2.45, 2.75) is 6.43 Å². The van der Waals surface area contributed by atoms with E-state index in [1.807, 2.05) is 0 Å². The van der Waals surface area contributed by atoms with Crippen LogP contribution in [0.2, 0.25) is 0 Å². The highest BCUT2D eigenvalue weighted by atomic mass is 127. The van der Waals surface area contributed by atoms with Crippen LogP contribution in [0.15, 0.2) is 6.07 Å². The summed E-state index contributed by atoms with van der Waals surface area (Å²) in [6, 6.07) is 1.18. The molecule has 12 heavy (non-hydrogen) atoms. The summed E-state index contributed by atoms with van der Waals surface area (Å²) < 4.78 is 37.2. The Morgan fingerprint density at radius 2 is 1.92 bits per heavy atom. The fraction of sp³-hybridized carbons (Fsp3) is 0.167. The van der Waals surface area contributed by atoms with Crippen molar-refractivity contribution in [3.8, 4) is 0 Å². The third kappa shape index (κ3) is 2.21. The van der Waals surface area contributed by atoms with Crippen LogP contribution in [0.4, 0.5) is 13.2 Å². The summed E-state index contributed by atoms with van der Waals surface area (Å²) in [5, 5.41) is 0. The van der Waals surface area contributed by atoms with Gasteiger partial charge in [0, 0.05) is 5.56 Å². The molecule has 0 aliphatic rings. The summed E-state index contributed by atoms with van der Waals surface area (Å²) in [5.74, 6) is -0.835. The zero-order chi connectivity index (χ0) is 9.30. The molecule has 1 heterocycles. The lowest BCUT2D eigenvalue weighted by molar-refractivity contribution is 0.149. The van der Waals surface area contributed by atoms with Gasteiger partial charge in [0.2, 0.25) is 5.95 Å². The molecule has 0 saturated carbocycles. The van der Waals surface area contributed by atoms with Gasteiger partial charge in [-0.2, -0.15) is 4.39 Å². The van der Waals surface area contributed by atoms with Gasteiger partial charge in [-0.1, -0.05) is 0 Å². The first-order valence-corrected chi connectivity index (χ1v) is 4.97. The fourth-order valence-electron chi connectivity index (χ4n) is 0.645. The second kappa shape index (κ2) is 4.07. The predicted octanol–water partition coefficient (Wildman–Crippen LogP) is 3.37. The normalized spacial score (nSPS) is 10.8. The van der Waals surface area contributed by atoms with Crippen LogP contribution in [0.1, 0.15) is 12.0 Å². The summed E-state index contributed by atoms with van der Waals surface area (Å²) in [5.41, 5.74) is -0.299. The van der Waals surface area contributed by atoms with Crippen LogP contribution >= 0.6 is 45.2 Å². The summed E-state index contributed by atoms with van der Waals surface area (Å²) >= 11 is 3.21. The molecule has 1 nitrogen and oxygen atoms in total. The average Bonchev–Trinajstić information content (AvgIpc) is 1.96. The Morgan fingerprint density at radius 1 is 1.33 bits per heavy atom. The predicted molar refractivity (Wildman–Crippen MR) is 54.6 cm³/mol. The highest BCUT2D eigenvalue weighted by Crippen LogP contribution is 2.26. The molecule has 0 radical (unpaired) electrons. The van der Waals surface area contributed by atoms with Crippen LogP contribution < -0.4 is 0 Å².